The Kier molecular flexibility index (Phi) is 5.46. The van der Waals surface area contributed by atoms with E-state index >= 15 is 0 Å². The van der Waals surface area contributed by atoms with E-state index in [4.69, 9.17) is 11.6 Å². The van der Waals surface area contributed by atoms with E-state index in [2.05, 4.69) is 5.32 Å². The van der Waals surface area contributed by atoms with Crippen molar-refractivity contribution in [1.82, 2.24) is 10.2 Å². The summed E-state index contributed by atoms with van der Waals surface area (Å²) in [5.74, 6) is -0.208. The predicted molar refractivity (Wildman–Crippen MR) is 87.7 cm³/mol. The highest BCUT2D eigenvalue weighted by molar-refractivity contribution is 6.30. The molecule has 2 atom stereocenters. The van der Waals surface area contributed by atoms with Crippen LogP contribution < -0.4 is 5.32 Å². The van der Waals surface area contributed by atoms with Gasteiger partial charge >= 0.3 is 0 Å². The van der Waals surface area contributed by atoms with Crippen molar-refractivity contribution in [3.8, 4) is 0 Å². The number of carbonyl (C=O) groups is 2. The quantitative estimate of drug-likeness (QED) is 0.906. The minimum Gasteiger partial charge on any atom is -0.353 e. The molecule has 0 aromatic heterocycles. The van der Waals surface area contributed by atoms with Crippen LogP contribution in [0.2, 0.25) is 5.02 Å². The maximum Gasteiger partial charge on any atom is 0.225 e. The molecule has 1 aliphatic heterocycles. The number of hydrogen-bond donors (Lipinski definition) is 1. The van der Waals surface area contributed by atoms with Crippen LogP contribution in [0.15, 0.2) is 24.3 Å². The Bertz CT molecular complexity index is 559. The van der Waals surface area contributed by atoms with Crippen molar-refractivity contribution in [1.29, 1.82) is 0 Å². The summed E-state index contributed by atoms with van der Waals surface area (Å²) in [6, 6.07) is 7.79. The van der Waals surface area contributed by atoms with Crippen LogP contribution in [0.3, 0.4) is 0 Å². The van der Waals surface area contributed by atoms with Gasteiger partial charge in [0.25, 0.3) is 0 Å². The number of hydrogen-bond acceptors (Lipinski definition) is 2. The van der Waals surface area contributed by atoms with E-state index in [-0.39, 0.29) is 29.8 Å². The molecule has 1 heterocycles. The molecule has 0 unspecified atom stereocenters. The lowest BCUT2D eigenvalue weighted by Crippen LogP contribution is -2.40. The van der Waals surface area contributed by atoms with Gasteiger partial charge in [0, 0.05) is 30.1 Å². The summed E-state index contributed by atoms with van der Waals surface area (Å²) >= 11 is 5.97. The number of nitrogens with one attached hydrogen (secondary N) is 1. The van der Waals surface area contributed by atoms with Crippen molar-refractivity contribution in [2.45, 2.75) is 45.7 Å². The summed E-state index contributed by atoms with van der Waals surface area (Å²) < 4.78 is 0. The van der Waals surface area contributed by atoms with E-state index in [9.17, 15) is 9.59 Å². The second-order valence-electron chi connectivity index (χ2n) is 6.28. The van der Waals surface area contributed by atoms with Crippen molar-refractivity contribution in [2.24, 2.45) is 5.92 Å². The van der Waals surface area contributed by atoms with Crippen LogP contribution in [0.5, 0.6) is 0 Å². The van der Waals surface area contributed by atoms with Gasteiger partial charge in [-0.25, -0.2) is 0 Å². The lowest BCUT2D eigenvalue weighted by atomic mass is 10.0. The van der Waals surface area contributed by atoms with E-state index < -0.39 is 0 Å². The fourth-order valence-corrected chi connectivity index (χ4v) is 3.05. The molecule has 0 bridgehead atoms. The molecule has 1 saturated heterocycles. The summed E-state index contributed by atoms with van der Waals surface area (Å²) in [6.45, 7) is 6.43. The average molecular weight is 323 g/mol. The van der Waals surface area contributed by atoms with E-state index in [0.717, 1.165) is 12.0 Å². The highest BCUT2D eigenvalue weighted by Gasteiger charge is 2.35. The second kappa shape index (κ2) is 7.14. The largest absolute Gasteiger partial charge is 0.353 e. The zero-order valence-corrected chi connectivity index (χ0v) is 14.1. The molecule has 2 rings (SSSR count). The smallest absolute Gasteiger partial charge is 0.225 e. The van der Waals surface area contributed by atoms with Gasteiger partial charge in [0.2, 0.25) is 11.8 Å². The number of likely N-dealkylation sites (tertiary alicyclic amines) is 1. The number of halogens is 1. The summed E-state index contributed by atoms with van der Waals surface area (Å²) in [5.41, 5.74) is 1.09. The Balaban J connectivity index is 1.88. The van der Waals surface area contributed by atoms with Gasteiger partial charge in [0.15, 0.2) is 0 Å². The van der Waals surface area contributed by atoms with Crippen molar-refractivity contribution in [3.63, 3.8) is 0 Å². The Morgan fingerprint density at radius 1 is 1.41 bits per heavy atom. The van der Waals surface area contributed by atoms with Gasteiger partial charge in [-0.05, 0) is 44.9 Å². The molecule has 2 amide bonds. The first-order valence-electron chi connectivity index (χ1n) is 7.71. The normalized spacial score (nSPS) is 19.6. The van der Waals surface area contributed by atoms with Crippen LogP contribution in [0.4, 0.5) is 0 Å². The highest BCUT2D eigenvalue weighted by atomic mass is 35.5. The number of nitrogens with zero attached hydrogens (tertiary/aromatic N) is 1. The lowest BCUT2D eigenvalue weighted by molar-refractivity contribution is -0.130. The summed E-state index contributed by atoms with van der Waals surface area (Å²) in [4.78, 5) is 26.0. The number of rotatable bonds is 5. The highest BCUT2D eigenvalue weighted by Crippen LogP contribution is 2.20. The zero-order chi connectivity index (χ0) is 16.3. The second-order valence-corrected chi connectivity index (χ2v) is 6.72. The molecule has 1 aromatic rings. The van der Waals surface area contributed by atoms with Crippen molar-refractivity contribution < 1.29 is 9.59 Å². The molecule has 120 valence electrons. The Hall–Kier alpha value is -1.55. The van der Waals surface area contributed by atoms with E-state index in [1.165, 1.54) is 0 Å². The summed E-state index contributed by atoms with van der Waals surface area (Å²) in [5, 5.41) is 3.71. The molecule has 1 N–H and O–H groups in total. The first-order chi connectivity index (χ1) is 10.4. The third kappa shape index (κ3) is 4.23. The topological polar surface area (TPSA) is 49.4 Å². The minimum absolute atomic E-state index is 0.00849. The Morgan fingerprint density at radius 2 is 2.14 bits per heavy atom. The van der Waals surface area contributed by atoms with Gasteiger partial charge in [0.1, 0.15) is 0 Å². The third-order valence-corrected chi connectivity index (χ3v) is 4.21. The average Bonchev–Trinajstić information content (AvgIpc) is 2.81. The lowest BCUT2D eigenvalue weighted by Gasteiger charge is -2.21. The van der Waals surface area contributed by atoms with Gasteiger partial charge in [0.05, 0.1) is 5.92 Å². The molecule has 0 spiro atoms. The molecule has 4 nitrogen and oxygen atoms in total. The van der Waals surface area contributed by atoms with Crippen molar-refractivity contribution in [2.75, 3.05) is 6.54 Å². The van der Waals surface area contributed by atoms with Crippen LogP contribution in [0, 0.1) is 5.92 Å². The Labute approximate surface area is 136 Å². The van der Waals surface area contributed by atoms with Crippen molar-refractivity contribution in [3.05, 3.63) is 34.9 Å². The van der Waals surface area contributed by atoms with Gasteiger partial charge < -0.3 is 10.2 Å². The SMILES string of the molecule is CC(C)N1C[C@H](C(=O)N[C@H](C)Cc2cccc(Cl)c2)CC1=O. The van der Waals surface area contributed by atoms with Crippen LogP contribution >= 0.6 is 11.6 Å². The molecular weight excluding hydrogens is 300 g/mol. The van der Waals surface area contributed by atoms with Gasteiger partial charge in [-0.3, -0.25) is 9.59 Å². The first kappa shape index (κ1) is 16.8. The number of benzene rings is 1. The predicted octanol–water partition coefficient (Wildman–Crippen LogP) is 2.64. The van der Waals surface area contributed by atoms with E-state index in [1.54, 1.807) is 4.90 Å². The fourth-order valence-electron chi connectivity index (χ4n) is 2.84. The molecule has 1 fully saturated rings. The fraction of sp³-hybridized carbons (Fsp3) is 0.529. The van der Waals surface area contributed by atoms with E-state index in [1.807, 2.05) is 45.0 Å². The van der Waals surface area contributed by atoms with Crippen LogP contribution in [0.1, 0.15) is 32.8 Å². The standard InChI is InChI=1S/C17H23ClN2O2/c1-11(2)20-10-14(9-16(20)21)17(22)19-12(3)7-13-5-4-6-15(18)8-13/h4-6,8,11-12,14H,7,9-10H2,1-3H3,(H,19,22)/t12-,14-/m1/s1. The van der Waals surface area contributed by atoms with Gasteiger partial charge in [-0.2, -0.15) is 0 Å². The molecule has 0 saturated carbocycles. The molecule has 0 radical (unpaired) electrons. The molecule has 1 aliphatic rings. The molecule has 22 heavy (non-hydrogen) atoms. The summed E-state index contributed by atoms with van der Waals surface area (Å²) in [6.07, 6.45) is 1.04. The number of amides is 2. The zero-order valence-electron chi connectivity index (χ0n) is 13.3. The molecular formula is C17H23ClN2O2. The van der Waals surface area contributed by atoms with E-state index in [0.29, 0.717) is 18.0 Å². The Morgan fingerprint density at radius 3 is 2.73 bits per heavy atom. The molecule has 5 heteroatoms. The van der Waals surface area contributed by atoms with Crippen LogP contribution in [-0.2, 0) is 16.0 Å². The maximum atomic E-state index is 12.3. The third-order valence-electron chi connectivity index (χ3n) is 3.97. The molecule has 0 aliphatic carbocycles. The van der Waals surface area contributed by atoms with Crippen molar-refractivity contribution >= 4 is 23.4 Å². The number of carbonyl (C=O) groups excluding carboxylic acids is 2. The van der Waals surface area contributed by atoms with Crippen LogP contribution in [0.25, 0.3) is 0 Å². The maximum absolute atomic E-state index is 12.3. The van der Waals surface area contributed by atoms with Crippen LogP contribution in [-0.4, -0.2) is 35.3 Å². The first-order valence-corrected chi connectivity index (χ1v) is 8.09. The minimum atomic E-state index is -0.239. The van der Waals surface area contributed by atoms with Gasteiger partial charge in [-0.15, -0.1) is 0 Å². The summed E-state index contributed by atoms with van der Waals surface area (Å²) in [7, 11) is 0. The monoisotopic (exact) mass is 322 g/mol. The van der Waals surface area contributed by atoms with Gasteiger partial charge in [-0.1, -0.05) is 23.7 Å². The molecule has 1 aromatic carbocycles.